The molecule has 3 heteroatoms. The van der Waals surface area contributed by atoms with Gasteiger partial charge in [-0.25, -0.2) is 0 Å². The standard InChI is InChI=1S/C31H29NO2/c1-2-28(24-10-4-3-5-11-24)31(34)32-22-26-13-7-9-15-30(26)29-14-8-6-12-25(29)19-16-23-17-20-27(33)21-18-23/h3-21,28,33H,2,22H2,1H3,(H,32,34). The van der Waals surface area contributed by atoms with Crippen LogP contribution in [0.5, 0.6) is 5.75 Å². The Morgan fingerprint density at radius 3 is 2.18 bits per heavy atom. The van der Waals surface area contributed by atoms with Gasteiger partial charge in [0.1, 0.15) is 5.75 Å². The maximum atomic E-state index is 13.0. The van der Waals surface area contributed by atoms with Crippen molar-refractivity contribution in [3.05, 3.63) is 125 Å². The Morgan fingerprint density at radius 1 is 0.794 bits per heavy atom. The van der Waals surface area contributed by atoms with E-state index in [9.17, 15) is 9.90 Å². The number of rotatable bonds is 8. The average molecular weight is 448 g/mol. The van der Waals surface area contributed by atoms with Gasteiger partial charge in [-0.05, 0) is 51.9 Å². The summed E-state index contributed by atoms with van der Waals surface area (Å²) in [6.07, 6.45) is 4.87. The predicted molar refractivity (Wildman–Crippen MR) is 140 cm³/mol. The van der Waals surface area contributed by atoms with Crippen molar-refractivity contribution >= 4 is 18.1 Å². The molecule has 0 spiro atoms. The molecule has 1 atom stereocenters. The lowest BCUT2D eigenvalue weighted by Gasteiger charge is -2.17. The van der Waals surface area contributed by atoms with Gasteiger partial charge in [-0.3, -0.25) is 4.79 Å². The van der Waals surface area contributed by atoms with Crippen molar-refractivity contribution in [1.29, 1.82) is 0 Å². The van der Waals surface area contributed by atoms with Gasteiger partial charge < -0.3 is 10.4 Å². The number of hydrogen-bond donors (Lipinski definition) is 2. The van der Waals surface area contributed by atoms with E-state index in [1.165, 1.54) is 0 Å². The minimum absolute atomic E-state index is 0.0454. The minimum Gasteiger partial charge on any atom is -0.508 e. The summed E-state index contributed by atoms with van der Waals surface area (Å²) < 4.78 is 0. The van der Waals surface area contributed by atoms with Crippen molar-refractivity contribution in [3.63, 3.8) is 0 Å². The number of phenolic OH excluding ortho intramolecular Hbond substituents is 1. The fourth-order valence-corrected chi connectivity index (χ4v) is 4.16. The van der Waals surface area contributed by atoms with E-state index in [2.05, 4.69) is 35.7 Å². The molecule has 34 heavy (non-hydrogen) atoms. The minimum atomic E-state index is -0.158. The van der Waals surface area contributed by atoms with Crippen LogP contribution >= 0.6 is 0 Å². The molecule has 0 aliphatic heterocycles. The SMILES string of the molecule is CCC(C(=O)NCc1ccccc1-c1ccccc1C=Cc1ccc(O)cc1)c1ccccc1. The van der Waals surface area contributed by atoms with Crippen LogP contribution in [-0.4, -0.2) is 11.0 Å². The number of carbonyl (C=O) groups excluding carboxylic acids is 1. The number of aromatic hydroxyl groups is 1. The Kier molecular flexibility index (Phi) is 7.56. The van der Waals surface area contributed by atoms with Gasteiger partial charge in [0.25, 0.3) is 0 Å². The highest BCUT2D eigenvalue weighted by molar-refractivity contribution is 5.85. The predicted octanol–water partition coefficient (Wildman–Crippen LogP) is 7.04. The summed E-state index contributed by atoms with van der Waals surface area (Å²) in [5, 5.41) is 12.7. The molecule has 1 unspecified atom stereocenters. The fourth-order valence-electron chi connectivity index (χ4n) is 4.16. The van der Waals surface area contributed by atoms with Crippen LogP contribution in [-0.2, 0) is 11.3 Å². The highest BCUT2D eigenvalue weighted by Gasteiger charge is 2.18. The van der Waals surface area contributed by atoms with Crippen LogP contribution in [0.4, 0.5) is 0 Å². The summed E-state index contributed by atoms with van der Waals surface area (Å²) in [5.74, 6) is 0.143. The van der Waals surface area contributed by atoms with Crippen LogP contribution < -0.4 is 5.32 Å². The van der Waals surface area contributed by atoms with E-state index in [1.807, 2.05) is 79.7 Å². The van der Waals surface area contributed by atoms with E-state index in [0.717, 1.165) is 39.8 Å². The molecular formula is C31H29NO2. The summed E-state index contributed by atoms with van der Waals surface area (Å²) in [4.78, 5) is 13.0. The van der Waals surface area contributed by atoms with Gasteiger partial charge in [0, 0.05) is 6.54 Å². The van der Waals surface area contributed by atoms with Crippen LogP contribution in [0.15, 0.2) is 103 Å². The normalized spacial score (nSPS) is 11.9. The fraction of sp³-hybridized carbons (Fsp3) is 0.129. The van der Waals surface area contributed by atoms with E-state index >= 15 is 0 Å². The number of phenols is 1. The summed E-state index contributed by atoms with van der Waals surface area (Å²) in [6, 6.07) is 33.5. The third-order valence-corrected chi connectivity index (χ3v) is 6.00. The quantitative estimate of drug-likeness (QED) is 0.285. The number of carbonyl (C=O) groups is 1. The van der Waals surface area contributed by atoms with Crippen LogP contribution in [0.3, 0.4) is 0 Å². The second-order valence-corrected chi connectivity index (χ2v) is 8.26. The number of nitrogens with one attached hydrogen (secondary N) is 1. The molecule has 4 rings (SSSR count). The lowest BCUT2D eigenvalue weighted by molar-refractivity contribution is -0.122. The Morgan fingerprint density at radius 2 is 1.44 bits per heavy atom. The third kappa shape index (κ3) is 5.62. The summed E-state index contributed by atoms with van der Waals surface area (Å²) in [6.45, 7) is 2.51. The highest BCUT2D eigenvalue weighted by Crippen LogP contribution is 2.29. The molecule has 0 bridgehead atoms. The smallest absolute Gasteiger partial charge is 0.227 e. The summed E-state index contributed by atoms with van der Waals surface area (Å²) >= 11 is 0. The Bertz CT molecular complexity index is 1260. The Hall–Kier alpha value is -4.11. The first-order valence-corrected chi connectivity index (χ1v) is 11.6. The molecule has 3 nitrogen and oxygen atoms in total. The van der Waals surface area contributed by atoms with Gasteiger partial charge in [0.2, 0.25) is 5.91 Å². The van der Waals surface area contributed by atoms with E-state index in [0.29, 0.717) is 6.54 Å². The molecular weight excluding hydrogens is 418 g/mol. The van der Waals surface area contributed by atoms with Gasteiger partial charge in [0.05, 0.1) is 5.92 Å². The molecule has 4 aromatic rings. The maximum Gasteiger partial charge on any atom is 0.227 e. The lowest BCUT2D eigenvalue weighted by atomic mass is 9.93. The van der Waals surface area contributed by atoms with E-state index in [4.69, 9.17) is 0 Å². The van der Waals surface area contributed by atoms with Crippen LogP contribution in [0.1, 0.15) is 41.5 Å². The van der Waals surface area contributed by atoms with Crippen molar-refractivity contribution in [2.45, 2.75) is 25.8 Å². The molecule has 170 valence electrons. The Labute approximate surface area is 201 Å². The zero-order valence-corrected chi connectivity index (χ0v) is 19.3. The van der Waals surface area contributed by atoms with Crippen molar-refractivity contribution in [2.24, 2.45) is 0 Å². The van der Waals surface area contributed by atoms with Gasteiger partial charge in [-0.2, -0.15) is 0 Å². The van der Waals surface area contributed by atoms with Gasteiger partial charge in [-0.1, -0.05) is 110 Å². The Balaban J connectivity index is 1.56. The van der Waals surface area contributed by atoms with Crippen molar-refractivity contribution in [3.8, 4) is 16.9 Å². The average Bonchev–Trinajstić information content (AvgIpc) is 2.88. The lowest BCUT2D eigenvalue weighted by Crippen LogP contribution is -2.28. The molecule has 0 aliphatic carbocycles. The second-order valence-electron chi connectivity index (χ2n) is 8.26. The van der Waals surface area contributed by atoms with Gasteiger partial charge >= 0.3 is 0 Å². The van der Waals surface area contributed by atoms with Crippen LogP contribution in [0, 0.1) is 0 Å². The van der Waals surface area contributed by atoms with Gasteiger partial charge in [-0.15, -0.1) is 0 Å². The molecule has 0 aliphatic rings. The zero-order valence-electron chi connectivity index (χ0n) is 19.3. The monoisotopic (exact) mass is 447 g/mol. The first-order chi connectivity index (χ1) is 16.7. The molecule has 0 saturated heterocycles. The summed E-state index contributed by atoms with van der Waals surface area (Å²) in [7, 11) is 0. The largest absolute Gasteiger partial charge is 0.508 e. The van der Waals surface area contributed by atoms with Crippen molar-refractivity contribution in [1.82, 2.24) is 5.32 Å². The summed E-state index contributed by atoms with van der Waals surface area (Å²) in [5.41, 5.74) is 6.42. The number of amides is 1. The molecule has 0 saturated carbocycles. The number of hydrogen-bond acceptors (Lipinski definition) is 2. The van der Waals surface area contributed by atoms with E-state index in [-0.39, 0.29) is 17.6 Å². The van der Waals surface area contributed by atoms with Crippen LogP contribution in [0.25, 0.3) is 23.3 Å². The molecule has 1 amide bonds. The topological polar surface area (TPSA) is 49.3 Å². The molecule has 0 radical (unpaired) electrons. The van der Waals surface area contributed by atoms with E-state index in [1.54, 1.807) is 12.1 Å². The first-order valence-electron chi connectivity index (χ1n) is 11.6. The van der Waals surface area contributed by atoms with Crippen molar-refractivity contribution in [2.75, 3.05) is 0 Å². The zero-order chi connectivity index (χ0) is 23.8. The second kappa shape index (κ2) is 11.2. The van der Waals surface area contributed by atoms with E-state index < -0.39 is 0 Å². The molecule has 4 aromatic carbocycles. The molecule has 2 N–H and O–H groups in total. The molecule has 0 heterocycles. The van der Waals surface area contributed by atoms with Crippen LogP contribution in [0.2, 0.25) is 0 Å². The maximum absolute atomic E-state index is 13.0. The third-order valence-electron chi connectivity index (χ3n) is 6.00. The number of benzene rings is 4. The first kappa shape index (κ1) is 23.1. The molecule has 0 fully saturated rings. The highest BCUT2D eigenvalue weighted by atomic mass is 16.3. The van der Waals surface area contributed by atoms with Gasteiger partial charge in [0.15, 0.2) is 0 Å². The van der Waals surface area contributed by atoms with Crippen molar-refractivity contribution < 1.29 is 9.90 Å². The molecule has 0 aromatic heterocycles.